The van der Waals surface area contributed by atoms with Gasteiger partial charge in [0.05, 0.1) is 11.6 Å². The van der Waals surface area contributed by atoms with E-state index < -0.39 is 17.8 Å². The molecule has 6 heteroatoms. The van der Waals surface area contributed by atoms with Crippen molar-refractivity contribution < 1.29 is 13.2 Å². The Morgan fingerprint density at radius 2 is 1.85 bits per heavy atom. The molecule has 0 radical (unpaired) electrons. The monoisotopic (exact) mass is 363 g/mol. The number of aryl methyl sites for hydroxylation is 2. The number of halogens is 4. The average molecular weight is 364 g/mol. The first-order chi connectivity index (χ1) is 9.20. The number of alkyl halides is 3. The summed E-state index contributed by atoms with van der Waals surface area (Å²) in [6.07, 6.45) is -4.37. The van der Waals surface area contributed by atoms with E-state index in [4.69, 9.17) is 5.73 Å². The van der Waals surface area contributed by atoms with Crippen LogP contribution in [0, 0.1) is 13.8 Å². The Balaban J connectivity index is 2.49. The summed E-state index contributed by atoms with van der Waals surface area (Å²) in [5.41, 5.74) is 6.93. The van der Waals surface area contributed by atoms with Crippen LogP contribution in [-0.4, -0.2) is 0 Å². The molecular formula is C14H13BrF3NS. The minimum atomic E-state index is -4.37. The van der Waals surface area contributed by atoms with Crippen molar-refractivity contribution in [3.63, 3.8) is 0 Å². The van der Waals surface area contributed by atoms with E-state index in [0.29, 0.717) is 10.0 Å². The van der Waals surface area contributed by atoms with Gasteiger partial charge in [-0.05, 0) is 49.2 Å². The van der Waals surface area contributed by atoms with Crippen LogP contribution < -0.4 is 5.73 Å². The lowest BCUT2D eigenvalue weighted by molar-refractivity contribution is -0.137. The molecule has 0 saturated heterocycles. The lowest BCUT2D eigenvalue weighted by Crippen LogP contribution is -2.14. The van der Waals surface area contributed by atoms with Gasteiger partial charge < -0.3 is 5.73 Å². The first-order valence-corrected chi connectivity index (χ1v) is 7.50. The fourth-order valence-corrected chi connectivity index (χ4v) is 3.62. The summed E-state index contributed by atoms with van der Waals surface area (Å²) in [5.74, 6) is 0. The second-order valence-corrected chi connectivity index (χ2v) is 6.76. The topological polar surface area (TPSA) is 26.0 Å². The fourth-order valence-electron chi connectivity index (χ4n) is 2.07. The Kier molecular flexibility index (Phi) is 4.27. The third-order valence-electron chi connectivity index (χ3n) is 3.02. The molecule has 0 aliphatic carbocycles. The van der Waals surface area contributed by atoms with Gasteiger partial charge in [-0.2, -0.15) is 13.2 Å². The van der Waals surface area contributed by atoms with E-state index in [1.807, 2.05) is 19.9 Å². The van der Waals surface area contributed by atoms with Crippen molar-refractivity contribution in [2.75, 3.05) is 0 Å². The van der Waals surface area contributed by atoms with Gasteiger partial charge in [0.2, 0.25) is 0 Å². The van der Waals surface area contributed by atoms with Gasteiger partial charge in [0, 0.05) is 14.2 Å². The van der Waals surface area contributed by atoms with Gasteiger partial charge in [-0.3, -0.25) is 0 Å². The maximum atomic E-state index is 12.8. The van der Waals surface area contributed by atoms with Gasteiger partial charge in [-0.25, -0.2) is 0 Å². The van der Waals surface area contributed by atoms with Gasteiger partial charge in [-0.1, -0.05) is 15.9 Å². The summed E-state index contributed by atoms with van der Waals surface area (Å²) in [5, 5.41) is 0. The molecule has 1 nitrogen and oxygen atoms in total. The lowest BCUT2D eigenvalue weighted by atomic mass is 10.0. The molecule has 0 aliphatic rings. The number of nitrogens with two attached hydrogens (primary N) is 1. The van der Waals surface area contributed by atoms with Crippen LogP contribution in [0.4, 0.5) is 13.2 Å². The Morgan fingerprint density at radius 1 is 1.20 bits per heavy atom. The summed E-state index contributed by atoms with van der Waals surface area (Å²) in [4.78, 5) is 1.98. The Morgan fingerprint density at radius 3 is 2.35 bits per heavy atom. The van der Waals surface area contributed by atoms with Crippen molar-refractivity contribution in [1.29, 1.82) is 0 Å². The van der Waals surface area contributed by atoms with Crippen molar-refractivity contribution >= 4 is 27.3 Å². The number of benzene rings is 1. The Bertz CT molecular complexity index is 634. The minimum absolute atomic E-state index is 0.449. The molecule has 2 N–H and O–H groups in total. The molecule has 0 spiro atoms. The second kappa shape index (κ2) is 5.50. The van der Waals surface area contributed by atoms with Crippen molar-refractivity contribution in [2.24, 2.45) is 5.73 Å². The van der Waals surface area contributed by atoms with Crippen LogP contribution in [0.2, 0.25) is 0 Å². The van der Waals surface area contributed by atoms with Gasteiger partial charge in [-0.15, -0.1) is 11.3 Å². The summed E-state index contributed by atoms with van der Waals surface area (Å²) >= 11 is 4.80. The standard InChI is InChI=1S/C14H13BrF3NS/c1-7-5-8(2)20-13(7)12(19)10-6-9(14(16,17)18)3-4-11(10)15/h3-6,12H,19H2,1-2H3. The van der Waals surface area contributed by atoms with Crippen LogP contribution in [0.15, 0.2) is 28.7 Å². The maximum absolute atomic E-state index is 12.8. The van der Waals surface area contributed by atoms with Crippen molar-refractivity contribution in [1.82, 2.24) is 0 Å². The molecule has 1 aromatic heterocycles. The molecule has 1 unspecified atom stereocenters. The van der Waals surface area contributed by atoms with Crippen molar-refractivity contribution in [3.8, 4) is 0 Å². The summed E-state index contributed by atoms with van der Waals surface area (Å²) in [6.45, 7) is 3.87. The van der Waals surface area contributed by atoms with Gasteiger partial charge >= 0.3 is 6.18 Å². The minimum Gasteiger partial charge on any atom is -0.320 e. The lowest BCUT2D eigenvalue weighted by Gasteiger charge is -2.16. The molecule has 0 bridgehead atoms. The Hall–Kier alpha value is -0.850. The van der Waals surface area contributed by atoms with Crippen LogP contribution >= 0.6 is 27.3 Å². The third-order valence-corrected chi connectivity index (χ3v) is 4.98. The molecular weight excluding hydrogens is 351 g/mol. The first kappa shape index (κ1) is 15.5. The summed E-state index contributed by atoms with van der Waals surface area (Å²) < 4.78 is 39.0. The SMILES string of the molecule is Cc1cc(C)c(C(N)c2cc(C(F)(F)F)ccc2Br)s1. The molecule has 1 heterocycles. The van der Waals surface area contributed by atoms with Crippen molar-refractivity contribution in [3.05, 3.63) is 55.2 Å². The second-order valence-electron chi connectivity index (χ2n) is 4.62. The average Bonchev–Trinajstić information content (AvgIpc) is 2.66. The van der Waals surface area contributed by atoms with Crippen molar-refractivity contribution in [2.45, 2.75) is 26.1 Å². The van der Waals surface area contributed by atoms with E-state index in [1.165, 1.54) is 17.4 Å². The predicted molar refractivity (Wildman–Crippen MR) is 79.0 cm³/mol. The highest BCUT2D eigenvalue weighted by Crippen LogP contribution is 2.37. The fraction of sp³-hybridized carbons (Fsp3) is 0.286. The number of hydrogen-bond acceptors (Lipinski definition) is 2. The molecule has 108 valence electrons. The smallest absolute Gasteiger partial charge is 0.320 e. The molecule has 0 fully saturated rings. The van der Waals surface area contributed by atoms with E-state index in [9.17, 15) is 13.2 Å². The van der Waals surface area contributed by atoms with E-state index in [-0.39, 0.29) is 0 Å². The van der Waals surface area contributed by atoms with E-state index in [2.05, 4.69) is 15.9 Å². The van der Waals surface area contributed by atoms with Crippen LogP contribution in [0.3, 0.4) is 0 Å². The molecule has 2 rings (SSSR count). The molecule has 0 saturated carbocycles. The van der Waals surface area contributed by atoms with Crippen LogP contribution in [0.25, 0.3) is 0 Å². The van der Waals surface area contributed by atoms with Gasteiger partial charge in [0.1, 0.15) is 0 Å². The summed E-state index contributed by atoms with van der Waals surface area (Å²) in [6, 6.07) is 4.98. The Labute approximate surface area is 127 Å². The van der Waals surface area contributed by atoms with E-state index in [0.717, 1.165) is 27.5 Å². The molecule has 20 heavy (non-hydrogen) atoms. The molecule has 2 aromatic rings. The van der Waals surface area contributed by atoms with Gasteiger partial charge in [0.25, 0.3) is 0 Å². The number of hydrogen-bond donors (Lipinski definition) is 1. The van der Waals surface area contributed by atoms with Gasteiger partial charge in [0.15, 0.2) is 0 Å². The highest BCUT2D eigenvalue weighted by Gasteiger charge is 2.31. The number of rotatable bonds is 2. The normalized spacial score (nSPS) is 13.6. The van der Waals surface area contributed by atoms with E-state index in [1.54, 1.807) is 0 Å². The maximum Gasteiger partial charge on any atom is 0.416 e. The predicted octanol–water partition coefficient (Wildman–Crippen LogP) is 5.19. The van der Waals surface area contributed by atoms with Crippen LogP contribution in [0.5, 0.6) is 0 Å². The molecule has 1 atom stereocenters. The molecule has 0 aliphatic heterocycles. The zero-order chi connectivity index (χ0) is 15.1. The van der Waals surface area contributed by atoms with E-state index >= 15 is 0 Å². The zero-order valence-electron chi connectivity index (χ0n) is 10.9. The third kappa shape index (κ3) is 3.07. The quantitative estimate of drug-likeness (QED) is 0.779. The van der Waals surface area contributed by atoms with Crippen LogP contribution in [-0.2, 0) is 6.18 Å². The zero-order valence-corrected chi connectivity index (χ0v) is 13.3. The molecule has 1 aromatic carbocycles. The number of thiophene rings is 1. The first-order valence-electron chi connectivity index (χ1n) is 5.89. The summed E-state index contributed by atoms with van der Waals surface area (Å²) in [7, 11) is 0. The molecule has 0 amide bonds. The highest BCUT2D eigenvalue weighted by molar-refractivity contribution is 9.10. The largest absolute Gasteiger partial charge is 0.416 e. The van der Waals surface area contributed by atoms with Crippen LogP contribution in [0.1, 0.15) is 32.5 Å². The highest BCUT2D eigenvalue weighted by atomic mass is 79.9.